The Labute approximate surface area is 151 Å². The minimum atomic E-state index is -0.743. The van der Waals surface area contributed by atoms with Crippen molar-refractivity contribution in [1.82, 2.24) is 15.2 Å². The first-order valence-corrected chi connectivity index (χ1v) is 8.53. The molecule has 3 rings (SSSR count). The molecular formula is C19H20N4O3. The first-order chi connectivity index (χ1) is 12.6. The van der Waals surface area contributed by atoms with Crippen LogP contribution in [-0.4, -0.2) is 46.2 Å². The number of anilines is 1. The average Bonchev–Trinajstić information content (AvgIpc) is 3.33. The van der Waals surface area contributed by atoms with Gasteiger partial charge in [-0.1, -0.05) is 12.1 Å². The molecule has 7 heteroatoms. The number of hydrogen-bond donors (Lipinski definition) is 2. The first-order valence-electron chi connectivity index (χ1n) is 8.53. The van der Waals surface area contributed by atoms with Crippen LogP contribution in [0.2, 0.25) is 0 Å². The molecule has 134 valence electrons. The van der Waals surface area contributed by atoms with Gasteiger partial charge in [-0.3, -0.25) is 14.4 Å². The molecule has 2 heterocycles. The lowest BCUT2D eigenvalue weighted by Gasteiger charge is -2.25. The fourth-order valence-electron chi connectivity index (χ4n) is 2.95. The highest BCUT2D eigenvalue weighted by Crippen LogP contribution is 2.21. The Kier molecular flexibility index (Phi) is 5.29. The molecule has 0 bridgehead atoms. The Morgan fingerprint density at radius 3 is 2.88 bits per heavy atom. The number of carbonyl (C=O) groups is 3. The Balaban J connectivity index is 1.59. The molecule has 0 aromatic carbocycles. The highest BCUT2D eigenvalue weighted by atomic mass is 16.2. The minimum Gasteiger partial charge on any atom is -0.343 e. The van der Waals surface area contributed by atoms with Crippen molar-refractivity contribution in [3.63, 3.8) is 0 Å². The van der Waals surface area contributed by atoms with Crippen LogP contribution in [0.1, 0.15) is 19.8 Å². The van der Waals surface area contributed by atoms with Gasteiger partial charge in [0, 0.05) is 12.7 Å². The lowest BCUT2D eigenvalue weighted by atomic mass is 10.1. The molecule has 7 nitrogen and oxygen atoms in total. The van der Waals surface area contributed by atoms with Crippen molar-refractivity contribution in [2.75, 3.05) is 11.9 Å². The zero-order valence-electron chi connectivity index (χ0n) is 14.4. The maximum Gasteiger partial charge on any atom is 0.262 e. The van der Waals surface area contributed by atoms with Crippen molar-refractivity contribution in [3.8, 4) is 0 Å². The Bertz CT molecular complexity index is 809. The standard InChI is InChI=1S/C19H20N4O3/c1-13(17(24)22-16-10-4-5-11-20-16)21-18(25)15-9-6-12-23(15)19(26)14-7-2-3-8-14/h2-5,7,10-11,13,15H,6,9,12H2,1H3,(H,21,25)(H,20,22,24)/t13-,15-/m0/s1. The second-order valence-corrected chi connectivity index (χ2v) is 6.17. The molecule has 2 atom stereocenters. The molecule has 0 unspecified atom stereocenters. The van der Waals surface area contributed by atoms with Crippen LogP contribution in [-0.2, 0) is 14.4 Å². The second kappa shape index (κ2) is 7.80. The molecule has 0 spiro atoms. The molecule has 1 aliphatic carbocycles. The van der Waals surface area contributed by atoms with Crippen LogP contribution >= 0.6 is 0 Å². The highest BCUT2D eigenvalue weighted by Gasteiger charge is 2.36. The third-order valence-electron chi connectivity index (χ3n) is 4.31. The van der Waals surface area contributed by atoms with Crippen LogP contribution < -0.4 is 10.6 Å². The van der Waals surface area contributed by atoms with Gasteiger partial charge >= 0.3 is 0 Å². The predicted molar refractivity (Wildman–Crippen MR) is 95.9 cm³/mol. The highest BCUT2D eigenvalue weighted by molar-refractivity contribution is 6.01. The van der Waals surface area contributed by atoms with E-state index in [-0.39, 0.29) is 17.7 Å². The lowest BCUT2D eigenvalue weighted by Crippen LogP contribution is -2.51. The van der Waals surface area contributed by atoms with Crippen LogP contribution in [0, 0.1) is 0 Å². The summed E-state index contributed by atoms with van der Waals surface area (Å²) in [6.07, 6.45) is 7.98. The number of pyridine rings is 1. The smallest absolute Gasteiger partial charge is 0.262 e. The lowest BCUT2D eigenvalue weighted by molar-refractivity contribution is -0.136. The molecule has 1 aromatic rings. The van der Waals surface area contributed by atoms with Crippen molar-refractivity contribution in [2.24, 2.45) is 0 Å². The summed E-state index contributed by atoms with van der Waals surface area (Å²) in [4.78, 5) is 42.9. The van der Waals surface area contributed by atoms with Gasteiger partial charge in [0.2, 0.25) is 11.8 Å². The largest absolute Gasteiger partial charge is 0.343 e. The maximum absolute atomic E-state index is 12.6. The molecule has 1 saturated heterocycles. The number of rotatable bonds is 5. The van der Waals surface area contributed by atoms with Gasteiger partial charge in [0.15, 0.2) is 0 Å². The predicted octanol–water partition coefficient (Wildman–Crippen LogP) is 1.17. The summed E-state index contributed by atoms with van der Waals surface area (Å²) < 4.78 is 0. The summed E-state index contributed by atoms with van der Waals surface area (Å²) in [6.45, 7) is 2.12. The van der Waals surface area contributed by atoms with Crippen LogP contribution in [0.25, 0.3) is 0 Å². The molecule has 3 amide bonds. The van der Waals surface area contributed by atoms with Gasteiger partial charge in [-0.15, -0.1) is 5.73 Å². The summed E-state index contributed by atoms with van der Waals surface area (Å²) in [5.74, 6) is -0.482. The number of nitrogens with one attached hydrogen (secondary N) is 2. The third kappa shape index (κ3) is 3.90. The Morgan fingerprint density at radius 2 is 2.19 bits per heavy atom. The molecule has 1 aliphatic heterocycles. The number of allylic oxidation sites excluding steroid dienone is 1. The van der Waals surface area contributed by atoms with E-state index >= 15 is 0 Å². The summed E-state index contributed by atoms with van der Waals surface area (Å²) in [5.41, 5.74) is 3.32. The second-order valence-electron chi connectivity index (χ2n) is 6.17. The van der Waals surface area contributed by atoms with Crippen molar-refractivity contribution in [3.05, 3.63) is 53.9 Å². The van der Waals surface area contributed by atoms with Gasteiger partial charge in [0.25, 0.3) is 5.91 Å². The van der Waals surface area contributed by atoms with Gasteiger partial charge in [-0.2, -0.15) is 0 Å². The van der Waals surface area contributed by atoms with E-state index < -0.39 is 12.1 Å². The van der Waals surface area contributed by atoms with E-state index in [4.69, 9.17) is 0 Å². The minimum absolute atomic E-state index is 0.210. The van der Waals surface area contributed by atoms with E-state index in [1.807, 2.05) is 0 Å². The van der Waals surface area contributed by atoms with Crippen LogP contribution in [0.3, 0.4) is 0 Å². The van der Waals surface area contributed by atoms with E-state index in [1.165, 1.54) is 0 Å². The maximum atomic E-state index is 12.6. The molecule has 2 N–H and O–H groups in total. The number of amides is 3. The summed E-state index contributed by atoms with van der Waals surface area (Å²) in [7, 11) is 0. The molecule has 2 aliphatic rings. The first kappa shape index (κ1) is 17.6. The van der Waals surface area contributed by atoms with E-state index in [2.05, 4.69) is 21.3 Å². The van der Waals surface area contributed by atoms with Gasteiger partial charge < -0.3 is 15.5 Å². The van der Waals surface area contributed by atoms with Crippen LogP contribution in [0.4, 0.5) is 5.82 Å². The van der Waals surface area contributed by atoms with Crippen LogP contribution in [0.15, 0.2) is 53.9 Å². The van der Waals surface area contributed by atoms with Crippen molar-refractivity contribution in [1.29, 1.82) is 0 Å². The van der Waals surface area contributed by atoms with E-state index in [9.17, 15) is 14.4 Å². The monoisotopic (exact) mass is 352 g/mol. The third-order valence-corrected chi connectivity index (χ3v) is 4.31. The van der Waals surface area contributed by atoms with Crippen molar-refractivity contribution >= 4 is 23.5 Å². The normalized spacial score (nSPS) is 19.2. The summed E-state index contributed by atoms with van der Waals surface area (Å²) >= 11 is 0. The molecule has 26 heavy (non-hydrogen) atoms. The van der Waals surface area contributed by atoms with Gasteiger partial charge in [-0.05, 0) is 44.1 Å². The SMILES string of the molecule is C[C@H](NC(=O)[C@@H]1CCCN1C(=O)C1=C=CC=C1)C(=O)Nc1ccccn1. The van der Waals surface area contributed by atoms with Crippen molar-refractivity contribution in [2.45, 2.75) is 31.8 Å². The summed E-state index contributed by atoms with van der Waals surface area (Å²) in [5, 5.41) is 5.33. The van der Waals surface area contributed by atoms with E-state index in [1.54, 1.807) is 54.4 Å². The topological polar surface area (TPSA) is 91.4 Å². The fourth-order valence-corrected chi connectivity index (χ4v) is 2.95. The number of hydrogen-bond acceptors (Lipinski definition) is 4. The number of aromatic nitrogens is 1. The Hall–Kier alpha value is -3.18. The number of likely N-dealkylation sites (tertiary alicyclic amines) is 1. The molecule has 1 aromatic heterocycles. The zero-order valence-corrected chi connectivity index (χ0v) is 14.4. The van der Waals surface area contributed by atoms with Crippen LogP contribution in [0.5, 0.6) is 0 Å². The number of nitrogens with zero attached hydrogens (tertiary/aromatic N) is 2. The fraction of sp³-hybridized carbons (Fsp3) is 0.316. The van der Waals surface area contributed by atoms with Crippen molar-refractivity contribution < 1.29 is 14.4 Å². The average molecular weight is 352 g/mol. The van der Waals surface area contributed by atoms with Gasteiger partial charge in [0.1, 0.15) is 17.9 Å². The molecule has 0 radical (unpaired) electrons. The van der Waals surface area contributed by atoms with E-state index in [0.29, 0.717) is 24.4 Å². The molecule has 1 fully saturated rings. The summed E-state index contributed by atoms with van der Waals surface area (Å²) in [6, 6.07) is 3.86. The van der Waals surface area contributed by atoms with Gasteiger partial charge in [0.05, 0.1) is 5.57 Å². The Morgan fingerprint density at radius 1 is 1.35 bits per heavy atom. The van der Waals surface area contributed by atoms with Gasteiger partial charge in [-0.25, -0.2) is 4.98 Å². The number of carbonyl (C=O) groups excluding carboxylic acids is 3. The quantitative estimate of drug-likeness (QED) is 0.778. The molecular weight excluding hydrogens is 332 g/mol. The molecule has 0 saturated carbocycles. The zero-order chi connectivity index (χ0) is 18.5. The van der Waals surface area contributed by atoms with E-state index in [0.717, 1.165) is 6.42 Å².